The first-order chi connectivity index (χ1) is 13.8. The Balaban J connectivity index is 1.56. The van der Waals surface area contributed by atoms with Crippen LogP contribution in [-0.2, 0) is 6.18 Å². The van der Waals surface area contributed by atoms with Crippen molar-refractivity contribution < 1.29 is 17.9 Å². The van der Waals surface area contributed by atoms with E-state index in [1.54, 1.807) is 6.07 Å². The van der Waals surface area contributed by atoms with Crippen molar-refractivity contribution in [1.29, 1.82) is 0 Å². The third-order valence-corrected chi connectivity index (χ3v) is 5.24. The van der Waals surface area contributed by atoms with Crippen LogP contribution in [0.25, 0.3) is 5.70 Å². The zero-order chi connectivity index (χ0) is 20.6. The molecule has 3 heterocycles. The van der Waals surface area contributed by atoms with Crippen molar-refractivity contribution in [3.05, 3.63) is 59.5 Å². The number of rotatable bonds is 3. The zero-order valence-corrected chi connectivity index (χ0v) is 16.3. The molecular formula is C21H23F3N4O. The molecule has 3 aliphatic rings. The molecule has 0 aromatic heterocycles. The Morgan fingerprint density at radius 3 is 2.79 bits per heavy atom. The number of ether oxygens (including phenoxy) is 1. The molecule has 0 unspecified atom stereocenters. The molecule has 4 rings (SSSR count). The minimum absolute atomic E-state index is 0.192. The first kappa shape index (κ1) is 19.6. The minimum Gasteiger partial charge on any atom is -0.496 e. The average Bonchev–Trinajstić information content (AvgIpc) is 2.72. The van der Waals surface area contributed by atoms with Gasteiger partial charge < -0.3 is 19.9 Å². The third-order valence-electron chi connectivity index (χ3n) is 5.24. The number of amidine groups is 1. The number of fused-ring (bicyclic) bond motifs is 1. The Hall–Kier alpha value is -2.74. The molecule has 154 valence electrons. The van der Waals surface area contributed by atoms with Crippen LogP contribution in [0, 0.1) is 0 Å². The number of halogens is 3. The molecule has 0 radical (unpaired) electrons. The van der Waals surface area contributed by atoms with Crippen LogP contribution in [0.2, 0.25) is 0 Å². The number of nitrogens with zero attached hydrogens (tertiary/aromatic N) is 3. The number of methoxy groups -OCH3 is 1. The second-order valence-corrected chi connectivity index (χ2v) is 7.31. The van der Waals surface area contributed by atoms with Crippen molar-refractivity contribution in [2.45, 2.75) is 19.1 Å². The summed E-state index contributed by atoms with van der Waals surface area (Å²) in [7, 11) is 1.23. The summed E-state index contributed by atoms with van der Waals surface area (Å²) in [5.74, 6) is 0.529. The van der Waals surface area contributed by atoms with Crippen molar-refractivity contribution in [3.8, 4) is 5.75 Å². The predicted octanol–water partition coefficient (Wildman–Crippen LogP) is 3.47. The molecule has 1 N–H and O–H groups in total. The Bertz CT molecular complexity index is 917. The van der Waals surface area contributed by atoms with Crippen molar-refractivity contribution >= 4 is 11.5 Å². The second kappa shape index (κ2) is 7.59. The van der Waals surface area contributed by atoms with Gasteiger partial charge in [0.05, 0.1) is 24.1 Å². The molecule has 0 aliphatic carbocycles. The number of hydrogen-bond donors (Lipinski definition) is 1. The SMILES string of the molecule is COc1ccc(C2=CCN3C=C(N4CCN[C@H](C)C4)C=CC3=N2)cc1C(F)(F)F. The topological polar surface area (TPSA) is 40.1 Å². The van der Waals surface area contributed by atoms with Gasteiger partial charge in [-0.05, 0) is 43.4 Å². The zero-order valence-electron chi connectivity index (χ0n) is 16.3. The fourth-order valence-electron chi connectivity index (χ4n) is 3.75. The largest absolute Gasteiger partial charge is 0.496 e. The van der Waals surface area contributed by atoms with Crippen molar-refractivity contribution in [1.82, 2.24) is 15.1 Å². The number of aliphatic imine (C=N–C) groups is 1. The Labute approximate surface area is 167 Å². The van der Waals surface area contributed by atoms with E-state index in [2.05, 4.69) is 28.3 Å². The van der Waals surface area contributed by atoms with Gasteiger partial charge in [0.2, 0.25) is 0 Å². The van der Waals surface area contributed by atoms with Gasteiger partial charge >= 0.3 is 6.18 Å². The number of allylic oxidation sites excluding steroid dienone is 1. The number of nitrogens with one attached hydrogen (secondary N) is 1. The fourth-order valence-corrected chi connectivity index (χ4v) is 3.75. The Morgan fingerprint density at radius 2 is 2.07 bits per heavy atom. The number of alkyl halides is 3. The highest BCUT2D eigenvalue weighted by Crippen LogP contribution is 2.38. The molecule has 0 spiro atoms. The molecule has 1 aromatic carbocycles. The summed E-state index contributed by atoms with van der Waals surface area (Å²) in [6, 6.07) is 4.47. The van der Waals surface area contributed by atoms with Gasteiger partial charge in [0.1, 0.15) is 11.6 Å². The molecule has 1 saturated heterocycles. The molecule has 0 amide bonds. The van der Waals surface area contributed by atoms with E-state index in [9.17, 15) is 13.2 Å². The molecular weight excluding hydrogens is 381 g/mol. The second-order valence-electron chi connectivity index (χ2n) is 7.31. The van der Waals surface area contributed by atoms with Crippen LogP contribution in [0.15, 0.2) is 53.3 Å². The molecule has 3 aliphatic heterocycles. The van der Waals surface area contributed by atoms with Gasteiger partial charge in [-0.15, -0.1) is 0 Å². The highest BCUT2D eigenvalue weighted by molar-refractivity contribution is 6.00. The lowest BCUT2D eigenvalue weighted by atomic mass is 10.0. The summed E-state index contributed by atoms with van der Waals surface area (Å²) in [6.07, 6.45) is 3.35. The van der Waals surface area contributed by atoms with E-state index in [4.69, 9.17) is 4.74 Å². The van der Waals surface area contributed by atoms with Gasteiger partial charge in [0.25, 0.3) is 0 Å². The molecule has 0 saturated carbocycles. The third kappa shape index (κ3) is 4.03. The van der Waals surface area contributed by atoms with E-state index >= 15 is 0 Å². The van der Waals surface area contributed by atoms with Gasteiger partial charge in [-0.1, -0.05) is 0 Å². The van der Waals surface area contributed by atoms with E-state index in [0.29, 0.717) is 23.8 Å². The van der Waals surface area contributed by atoms with Gasteiger partial charge in [-0.3, -0.25) is 0 Å². The number of piperazine rings is 1. The monoisotopic (exact) mass is 404 g/mol. The lowest BCUT2D eigenvalue weighted by molar-refractivity contribution is -0.138. The maximum absolute atomic E-state index is 13.3. The predicted molar refractivity (Wildman–Crippen MR) is 106 cm³/mol. The Kier molecular flexibility index (Phi) is 5.12. The van der Waals surface area contributed by atoms with Crippen LogP contribution in [0.1, 0.15) is 18.1 Å². The molecule has 29 heavy (non-hydrogen) atoms. The van der Waals surface area contributed by atoms with E-state index < -0.39 is 11.7 Å². The van der Waals surface area contributed by atoms with Crippen LogP contribution in [-0.4, -0.2) is 55.0 Å². The summed E-state index contributed by atoms with van der Waals surface area (Å²) in [4.78, 5) is 8.92. The van der Waals surface area contributed by atoms with E-state index in [1.165, 1.54) is 13.2 Å². The molecule has 5 nitrogen and oxygen atoms in total. The normalized spacial score (nSPS) is 22.0. The molecule has 1 fully saturated rings. The van der Waals surface area contributed by atoms with Crippen molar-refractivity contribution in [2.75, 3.05) is 33.3 Å². The van der Waals surface area contributed by atoms with Crippen LogP contribution >= 0.6 is 0 Å². The van der Waals surface area contributed by atoms with Crippen LogP contribution in [0.3, 0.4) is 0 Å². The minimum atomic E-state index is -4.49. The van der Waals surface area contributed by atoms with Crippen molar-refractivity contribution in [3.63, 3.8) is 0 Å². The number of hydrogen-bond acceptors (Lipinski definition) is 5. The first-order valence-corrected chi connectivity index (χ1v) is 9.54. The molecule has 0 bridgehead atoms. The first-order valence-electron chi connectivity index (χ1n) is 9.54. The highest BCUT2D eigenvalue weighted by Gasteiger charge is 2.35. The molecule has 1 aromatic rings. The van der Waals surface area contributed by atoms with E-state index in [0.717, 1.165) is 37.2 Å². The van der Waals surface area contributed by atoms with E-state index in [1.807, 2.05) is 23.1 Å². The van der Waals surface area contributed by atoms with Gasteiger partial charge in [0, 0.05) is 44.0 Å². The summed E-state index contributed by atoms with van der Waals surface area (Å²) in [5.41, 5.74) is 1.28. The lowest BCUT2D eigenvalue weighted by Crippen LogP contribution is -2.49. The fraction of sp³-hybridized carbons (Fsp3) is 0.381. The molecule has 8 heteroatoms. The van der Waals surface area contributed by atoms with Gasteiger partial charge in [0.15, 0.2) is 0 Å². The maximum atomic E-state index is 13.3. The summed E-state index contributed by atoms with van der Waals surface area (Å²) in [6.45, 7) is 5.52. The maximum Gasteiger partial charge on any atom is 0.419 e. The van der Waals surface area contributed by atoms with Gasteiger partial charge in [-0.25, -0.2) is 4.99 Å². The summed E-state index contributed by atoms with van der Waals surface area (Å²) in [5, 5.41) is 3.43. The smallest absolute Gasteiger partial charge is 0.419 e. The summed E-state index contributed by atoms with van der Waals surface area (Å²) < 4.78 is 44.8. The van der Waals surface area contributed by atoms with Gasteiger partial charge in [-0.2, -0.15) is 13.2 Å². The Morgan fingerprint density at radius 1 is 1.24 bits per heavy atom. The lowest BCUT2D eigenvalue weighted by Gasteiger charge is -2.37. The molecule has 1 atom stereocenters. The average molecular weight is 404 g/mol. The standard InChI is InChI=1S/C21H23F3N4O/c1-14-12-27(10-8-25-14)16-4-6-20-26-18(7-9-28(20)13-16)15-3-5-19(29-2)17(11-15)21(22,23)24/h3-7,11,13-14,25H,8-10,12H2,1-2H3/t14-/m1/s1. The summed E-state index contributed by atoms with van der Waals surface area (Å²) >= 11 is 0. The van der Waals surface area contributed by atoms with Crippen LogP contribution in [0.4, 0.5) is 13.2 Å². The quantitative estimate of drug-likeness (QED) is 0.838. The van der Waals surface area contributed by atoms with Crippen LogP contribution in [0.5, 0.6) is 5.75 Å². The van der Waals surface area contributed by atoms with E-state index in [-0.39, 0.29) is 5.75 Å². The number of benzene rings is 1. The highest BCUT2D eigenvalue weighted by atomic mass is 19.4. The van der Waals surface area contributed by atoms with Crippen LogP contribution < -0.4 is 10.1 Å². The van der Waals surface area contributed by atoms with Crippen molar-refractivity contribution in [2.24, 2.45) is 4.99 Å².